The largest absolute Gasteiger partial charge is 0.322 e. The third-order valence-corrected chi connectivity index (χ3v) is 5.04. The van der Waals surface area contributed by atoms with Gasteiger partial charge in [0.2, 0.25) is 0 Å². The molecule has 0 saturated carbocycles. The third-order valence-electron chi connectivity index (χ3n) is 4.32. The number of fused-ring (bicyclic) bond motifs is 1. The van der Waals surface area contributed by atoms with Gasteiger partial charge in [0.15, 0.2) is 0 Å². The van der Waals surface area contributed by atoms with Gasteiger partial charge in [-0.15, -0.1) is 10.2 Å². The van der Waals surface area contributed by atoms with E-state index in [1.54, 1.807) is 4.80 Å². The van der Waals surface area contributed by atoms with Crippen molar-refractivity contribution in [3.63, 3.8) is 0 Å². The van der Waals surface area contributed by atoms with Crippen LogP contribution in [-0.4, -0.2) is 20.9 Å². The lowest BCUT2D eigenvalue weighted by molar-refractivity contribution is 0.102. The zero-order chi connectivity index (χ0) is 18.8. The highest BCUT2D eigenvalue weighted by atomic mass is 127. The van der Waals surface area contributed by atoms with Gasteiger partial charge in [-0.2, -0.15) is 4.80 Å². The maximum Gasteiger partial charge on any atom is 0.255 e. The number of carbonyl (C=O) groups is 1. The predicted molar refractivity (Wildman–Crippen MR) is 115 cm³/mol. The van der Waals surface area contributed by atoms with Crippen molar-refractivity contribution in [3.05, 3.63) is 81.4 Å². The van der Waals surface area contributed by atoms with Gasteiger partial charge in [0, 0.05) is 14.8 Å². The Hall–Kier alpha value is -2.74. The topological polar surface area (TPSA) is 59.8 Å². The quantitative estimate of drug-likeness (QED) is 0.436. The summed E-state index contributed by atoms with van der Waals surface area (Å²) in [6, 6.07) is 21.2. The molecule has 0 atom stereocenters. The van der Waals surface area contributed by atoms with Gasteiger partial charge in [-0.25, -0.2) is 0 Å². The Morgan fingerprint density at radius 1 is 0.963 bits per heavy atom. The molecule has 0 aliphatic heterocycles. The van der Waals surface area contributed by atoms with Crippen LogP contribution >= 0.6 is 22.6 Å². The van der Waals surface area contributed by atoms with Crippen LogP contribution in [0, 0.1) is 3.57 Å². The van der Waals surface area contributed by atoms with E-state index in [2.05, 4.69) is 57.2 Å². The fourth-order valence-electron chi connectivity index (χ4n) is 2.78. The molecule has 134 valence electrons. The molecule has 0 saturated heterocycles. The van der Waals surface area contributed by atoms with Gasteiger partial charge in [0.05, 0.1) is 5.69 Å². The van der Waals surface area contributed by atoms with Gasteiger partial charge in [-0.3, -0.25) is 4.79 Å². The Kier molecular flexibility index (Phi) is 4.89. The van der Waals surface area contributed by atoms with E-state index in [0.717, 1.165) is 26.7 Å². The number of amides is 1. The number of benzene rings is 3. The molecule has 1 heterocycles. The van der Waals surface area contributed by atoms with Gasteiger partial charge in [-0.05, 0) is 89.2 Å². The number of nitrogens with one attached hydrogen (secondary N) is 1. The van der Waals surface area contributed by atoms with Crippen LogP contribution in [0.15, 0.2) is 66.7 Å². The lowest BCUT2D eigenvalue weighted by Gasteiger charge is -2.05. The summed E-state index contributed by atoms with van der Waals surface area (Å²) in [5, 5.41) is 12.0. The van der Waals surface area contributed by atoms with E-state index < -0.39 is 0 Å². The van der Waals surface area contributed by atoms with Crippen LogP contribution in [0.1, 0.15) is 22.8 Å². The molecule has 5 nitrogen and oxygen atoms in total. The standard InChI is InChI=1S/C21H17IN4O/c1-2-14-3-10-18(11-4-14)26-24-19-12-9-17(13-20(19)25-26)23-21(27)15-5-7-16(22)8-6-15/h3-13H,2H2,1H3,(H,23,27). The summed E-state index contributed by atoms with van der Waals surface area (Å²) < 4.78 is 1.09. The second-order valence-corrected chi connectivity index (χ2v) is 7.42. The Labute approximate surface area is 170 Å². The van der Waals surface area contributed by atoms with Crippen molar-refractivity contribution in [1.82, 2.24) is 15.0 Å². The molecule has 1 aromatic heterocycles. The van der Waals surface area contributed by atoms with E-state index in [0.29, 0.717) is 11.3 Å². The fraction of sp³-hybridized carbons (Fsp3) is 0.0952. The number of hydrogen-bond acceptors (Lipinski definition) is 3. The molecule has 0 unspecified atom stereocenters. The number of aromatic nitrogens is 3. The van der Waals surface area contributed by atoms with Crippen LogP contribution in [0.3, 0.4) is 0 Å². The van der Waals surface area contributed by atoms with E-state index in [-0.39, 0.29) is 5.91 Å². The monoisotopic (exact) mass is 468 g/mol. The van der Waals surface area contributed by atoms with Crippen LogP contribution in [0.5, 0.6) is 0 Å². The van der Waals surface area contributed by atoms with Gasteiger partial charge < -0.3 is 5.32 Å². The molecular formula is C21H17IN4O. The lowest BCUT2D eigenvalue weighted by Crippen LogP contribution is -2.11. The van der Waals surface area contributed by atoms with Crippen molar-refractivity contribution in [2.75, 3.05) is 5.32 Å². The summed E-state index contributed by atoms with van der Waals surface area (Å²) in [5.41, 5.74) is 5.01. The SMILES string of the molecule is CCc1ccc(-n2nc3ccc(NC(=O)c4ccc(I)cc4)cc3n2)cc1. The molecule has 4 aromatic rings. The fourth-order valence-corrected chi connectivity index (χ4v) is 3.14. The first-order valence-electron chi connectivity index (χ1n) is 8.66. The van der Waals surface area contributed by atoms with E-state index in [1.807, 2.05) is 54.6 Å². The van der Waals surface area contributed by atoms with Gasteiger partial charge in [-0.1, -0.05) is 19.1 Å². The van der Waals surface area contributed by atoms with Crippen molar-refractivity contribution in [2.45, 2.75) is 13.3 Å². The molecule has 4 rings (SSSR count). The summed E-state index contributed by atoms with van der Waals surface area (Å²) in [4.78, 5) is 14.0. The molecule has 1 N–H and O–H groups in total. The summed E-state index contributed by atoms with van der Waals surface area (Å²) in [7, 11) is 0. The highest BCUT2D eigenvalue weighted by Crippen LogP contribution is 2.19. The average molecular weight is 468 g/mol. The number of halogens is 1. The highest BCUT2D eigenvalue weighted by Gasteiger charge is 2.09. The molecule has 0 fully saturated rings. The Balaban J connectivity index is 1.58. The first kappa shape index (κ1) is 17.7. The number of hydrogen-bond donors (Lipinski definition) is 1. The normalized spacial score (nSPS) is 10.9. The molecule has 0 radical (unpaired) electrons. The molecule has 0 spiro atoms. The van der Waals surface area contributed by atoms with Gasteiger partial charge in [0.1, 0.15) is 11.0 Å². The Bertz CT molecular complexity index is 1100. The summed E-state index contributed by atoms with van der Waals surface area (Å²) in [6.45, 7) is 2.13. The van der Waals surface area contributed by atoms with Crippen molar-refractivity contribution < 1.29 is 4.79 Å². The zero-order valence-corrected chi connectivity index (χ0v) is 16.8. The summed E-state index contributed by atoms with van der Waals surface area (Å²) in [6.07, 6.45) is 0.998. The first-order valence-corrected chi connectivity index (χ1v) is 9.73. The molecule has 6 heteroatoms. The lowest BCUT2D eigenvalue weighted by atomic mass is 10.2. The maximum absolute atomic E-state index is 12.4. The van der Waals surface area contributed by atoms with Crippen molar-refractivity contribution in [1.29, 1.82) is 0 Å². The second kappa shape index (κ2) is 7.48. The van der Waals surface area contributed by atoms with E-state index in [4.69, 9.17) is 0 Å². The number of anilines is 1. The van der Waals surface area contributed by atoms with Crippen molar-refractivity contribution in [2.24, 2.45) is 0 Å². The number of rotatable bonds is 4. The Morgan fingerprint density at radius 2 is 1.67 bits per heavy atom. The molecule has 0 aliphatic carbocycles. The molecule has 0 bridgehead atoms. The average Bonchev–Trinajstić information content (AvgIpc) is 3.12. The summed E-state index contributed by atoms with van der Waals surface area (Å²) in [5.74, 6) is -0.145. The highest BCUT2D eigenvalue weighted by molar-refractivity contribution is 14.1. The smallest absolute Gasteiger partial charge is 0.255 e. The van der Waals surface area contributed by atoms with Crippen LogP contribution in [-0.2, 0) is 6.42 Å². The van der Waals surface area contributed by atoms with Crippen LogP contribution in [0.2, 0.25) is 0 Å². The maximum atomic E-state index is 12.4. The van der Waals surface area contributed by atoms with E-state index in [9.17, 15) is 4.79 Å². The predicted octanol–water partition coefficient (Wildman–Crippen LogP) is 4.84. The molecule has 3 aromatic carbocycles. The van der Waals surface area contributed by atoms with Gasteiger partial charge >= 0.3 is 0 Å². The minimum atomic E-state index is -0.145. The van der Waals surface area contributed by atoms with Crippen molar-refractivity contribution in [3.8, 4) is 5.69 Å². The number of aryl methyl sites for hydroxylation is 1. The number of carbonyl (C=O) groups excluding carboxylic acids is 1. The van der Waals surface area contributed by atoms with Crippen molar-refractivity contribution >= 4 is 45.2 Å². The molecular weight excluding hydrogens is 451 g/mol. The molecule has 27 heavy (non-hydrogen) atoms. The summed E-state index contributed by atoms with van der Waals surface area (Å²) >= 11 is 2.21. The minimum absolute atomic E-state index is 0.145. The van der Waals surface area contributed by atoms with Crippen LogP contribution in [0.4, 0.5) is 5.69 Å². The molecule has 1 amide bonds. The van der Waals surface area contributed by atoms with Gasteiger partial charge in [0.25, 0.3) is 5.91 Å². The second-order valence-electron chi connectivity index (χ2n) is 6.17. The third kappa shape index (κ3) is 3.85. The zero-order valence-electron chi connectivity index (χ0n) is 14.7. The van der Waals surface area contributed by atoms with E-state index in [1.165, 1.54) is 5.56 Å². The van der Waals surface area contributed by atoms with E-state index >= 15 is 0 Å². The Morgan fingerprint density at radius 3 is 2.37 bits per heavy atom. The molecule has 0 aliphatic rings. The number of nitrogens with zero attached hydrogens (tertiary/aromatic N) is 3. The van der Waals surface area contributed by atoms with Crippen LogP contribution in [0.25, 0.3) is 16.7 Å². The first-order chi connectivity index (χ1) is 13.1. The minimum Gasteiger partial charge on any atom is -0.322 e. The van der Waals surface area contributed by atoms with Crippen LogP contribution < -0.4 is 5.32 Å².